The summed E-state index contributed by atoms with van der Waals surface area (Å²) >= 11 is 0. The van der Waals surface area contributed by atoms with Crippen molar-refractivity contribution in [2.45, 2.75) is 318 Å². The summed E-state index contributed by atoms with van der Waals surface area (Å²) in [6.07, 6.45) is -12.7. The highest BCUT2D eigenvalue weighted by atomic mass is 19.1. The maximum Gasteiger partial charge on any atom is 0.186 e. The second-order valence-corrected chi connectivity index (χ2v) is 38.2. The zero-order valence-electron chi connectivity index (χ0n) is 86.0. The number of hydrogen-bond donors (Lipinski definition) is 9. The van der Waals surface area contributed by atoms with Crippen molar-refractivity contribution >= 4 is 0 Å². The van der Waals surface area contributed by atoms with E-state index in [1.165, 1.54) is 21.3 Å². The summed E-state index contributed by atoms with van der Waals surface area (Å²) in [6.45, 7) is 28.5. The van der Waals surface area contributed by atoms with Crippen LogP contribution < -0.4 is 0 Å². The van der Waals surface area contributed by atoms with E-state index < -0.39 is 105 Å². The van der Waals surface area contributed by atoms with Crippen LogP contribution in [0.4, 0.5) is 4.39 Å². The van der Waals surface area contributed by atoms with Crippen molar-refractivity contribution in [1.29, 1.82) is 0 Å². The molecule has 35 nitrogen and oxygen atoms in total. The Labute approximate surface area is 841 Å². The Hall–Kier alpha value is -5.63. The van der Waals surface area contributed by atoms with Crippen LogP contribution in [0.25, 0.3) is 0 Å². The highest BCUT2D eigenvalue weighted by molar-refractivity contribution is 5.22. The van der Waals surface area contributed by atoms with E-state index in [0.29, 0.717) is 50.6 Å². The third-order valence-corrected chi connectivity index (χ3v) is 29.5. The van der Waals surface area contributed by atoms with Gasteiger partial charge in [-0.25, -0.2) is 4.39 Å². The van der Waals surface area contributed by atoms with Crippen molar-refractivity contribution in [2.75, 3.05) is 103 Å². The van der Waals surface area contributed by atoms with Crippen molar-refractivity contribution in [3.63, 3.8) is 0 Å². The van der Waals surface area contributed by atoms with Gasteiger partial charge in [0.15, 0.2) is 81.8 Å². The van der Waals surface area contributed by atoms with Crippen LogP contribution in [-0.4, -0.2) is 328 Å². The van der Waals surface area contributed by atoms with Gasteiger partial charge in [0.1, 0.15) is 85.5 Å². The molecule has 1 unspecified atom stereocenters. The largest absolute Gasteiger partial charge is 0.396 e. The molecule has 13 aliphatic heterocycles. The second-order valence-electron chi connectivity index (χ2n) is 38.2. The van der Waals surface area contributed by atoms with Crippen LogP contribution in [0.5, 0.6) is 0 Å². The standard InChI is InChI=1S/C17H24O4.C16H22O5.C16H20O4.C15H20O5.C14H18O6.C11H21FO2.C11H22O3.C7H14O6/c1-4-13-11(2)15-14(20-17(13)18-3)10-19-16(21-15)12-8-6-5-7-9-12;1-10-12(8-17)16(18-2)20-13-9-19-15(21-14(10)13)11-6-4-3-5-7-11;1-10-11(2)15(17-3)19-13-9-18-16(20-14(10)13)12-7-5-4-6-8-12;1-9-12(16)15(17-2)19-11-8-18-14(20-13(9)11)10-6-4-3-5-7-10;1-17-14-11(16)10(15)12-9(19-14)7-18-13(20-12)8-5-3-2-4-6-8;2*1-5-8-7(3)10(12)9(6-2)14-11(8)13-4;1-12-7-6(11)5(10)4(9)3(2-8)13-7/h5-9,11,13-17H,4,10H2,1-3H3;3-7,10,12-17H,8-9H2,1-2H3;4-8,10,13-16H,2,9H2,1,3H3;3-7,9,11-16H,8H2,1-2H3;2-6,9-16H,7H2,1H3;7-11H,5-6H2,1-4H3;7-12H,5-6H2,1-4H3;3-11H,2H2,1H3/t11-,13-,14-,15+,16-,17+;10-,12?,13-,14+,15-,16+;10-,13-,14+,15+,16-;9-,11-,12+,13+,14-,15+;9-,10-,11+,12-,13-,14+;7-,8-,9-,10-,11+;7-,8-,9-,10+,11+;3-,4-,5+,6+,7+/m11111111/s1. The molecule has 44 atom stereocenters. The maximum absolute atomic E-state index is 13.8. The van der Waals surface area contributed by atoms with E-state index in [4.69, 9.17) is 128 Å². The minimum Gasteiger partial charge on any atom is -0.396 e. The van der Waals surface area contributed by atoms with Gasteiger partial charge >= 0.3 is 0 Å². The molecule has 13 heterocycles. The number of hydrogen-bond acceptors (Lipinski definition) is 35. The summed E-state index contributed by atoms with van der Waals surface area (Å²) < 4.78 is 159. The molecular formula is C107H161FO35. The Morgan fingerprint density at radius 2 is 0.566 bits per heavy atom. The number of aliphatic hydroxyl groups is 9. The van der Waals surface area contributed by atoms with Crippen LogP contribution in [0.1, 0.15) is 168 Å². The van der Waals surface area contributed by atoms with Gasteiger partial charge in [-0.15, -0.1) is 0 Å². The van der Waals surface area contributed by atoms with E-state index in [9.17, 15) is 45.2 Å². The summed E-state index contributed by atoms with van der Waals surface area (Å²) in [4.78, 5) is 0. The zero-order valence-corrected chi connectivity index (χ0v) is 86.0. The number of fused-ring (bicyclic) bond motifs is 5. The number of rotatable bonds is 20. The van der Waals surface area contributed by atoms with Crippen molar-refractivity contribution in [3.8, 4) is 0 Å². The van der Waals surface area contributed by atoms with E-state index in [1.54, 1.807) is 35.5 Å². The molecule has 13 saturated heterocycles. The molecule has 0 amide bonds. The molecule has 13 aliphatic rings. The molecule has 0 spiro atoms. The molecule has 0 saturated carbocycles. The minimum absolute atomic E-state index is 0.0170. The summed E-state index contributed by atoms with van der Waals surface area (Å²) in [5.74, 6) is 1.64. The molecule has 0 aromatic heterocycles. The molecule has 13 fully saturated rings. The first-order chi connectivity index (χ1) is 69.0. The van der Waals surface area contributed by atoms with Crippen molar-refractivity contribution < 1.29 is 174 Å². The van der Waals surface area contributed by atoms with E-state index in [-0.39, 0.29) is 166 Å². The highest BCUT2D eigenvalue weighted by Crippen LogP contribution is 2.46. The summed E-state index contributed by atoms with van der Waals surface area (Å²) in [5.41, 5.74) is 5.84. The van der Waals surface area contributed by atoms with Gasteiger partial charge in [-0.1, -0.05) is 234 Å². The van der Waals surface area contributed by atoms with Crippen LogP contribution in [-0.2, 0) is 123 Å². The third kappa shape index (κ3) is 29.4. The van der Waals surface area contributed by atoms with Crippen LogP contribution >= 0.6 is 0 Å². The van der Waals surface area contributed by atoms with Gasteiger partial charge in [-0.3, -0.25) is 0 Å². The smallest absolute Gasteiger partial charge is 0.186 e. The van der Waals surface area contributed by atoms with Crippen molar-refractivity contribution in [3.05, 3.63) is 192 Å². The zero-order chi connectivity index (χ0) is 103. The molecule has 0 radical (unpaired) electrons. The first kappa shape index (κ1) is 118. The van der Waals surface area contributed by atoms with Crippen molar-refractivity contribution in [1.82, 2.24) is 0 Å². The highest BCUT2D eigenvalue weighted by Gasteiger charge is 2.55. The van der Waals surface area contributed by atoms with E-state index >= 15 is 0 Å². The van der Waals surface area contributed by atoms with Crippen LogP contribution in [0, 0.1) is 59.2 Å². The van der Waals surface area contributed by atoms with Gasteiger partial charge < -0.3 is 169 Å². The van der Waals surface area contributed by atoms with Crippen LogP contribution in [0.15, 0.2) is 164 Å². The van der Waals surface area contributed by atoms with Gasteiger partial charge in [-0.2, -0.15) is 0 Å². The van der Waals surface area contributed by atoms with E-state index in [0.717, 1.165) is 59.1 Å². The topological polar surface area (TPSA) is 422 Å². The number of benzene rings is 5. The lowest BCUT2D eigenvalue weighted by Gasteiger charge is -2.48. The molecule has 0 aliphatic carbocycles. The molecule has 36 heteroatoms. The fourth-order valence-corrected chi connectivity index (χ4v) is 20.6. The lowest BCUT2D eigenvalue weighted by atomic mass is 9.81. The predicted molar refractivity (Wildman–Crippen MR) is 516 cm³/mol. The molecular weight excluding hydrogens is 1860 g/mol. The molecule has 5 aromatic carbocycles. The Kier molecular flexibility index (Phi) is 47.8. The lowest BCUT2D eigenvalue weighted by Crippen LogP contribution is -2.62. The monoisotopic (exact) mass is 2030 g/mol. The number of ether oxygens (including phenoxy) is 26. The first-order valence-electron chi connectivity index (χ1n) is 50.4. The Balaban J connectivity index is 0.000000157. The molecule has 5 aromatic rings. The van der Waals surface area contributed by atoms with Gasteiger partial charge in [-0.05, 0) is 61.3 Å². The number of alkyl halides is 1. The Morgan fingerprint density at radius 1 is 0.273 bits per heavy atom. The third-order valence-electron chi connectivity index (χ3n) is 29.5. The molecule has 143 heavy (non-hydrogen) atoms. The molecule has 18 rings (SSSR count). The fourth-order valence-electron chi connectivity index (χ4n) is 20.6. The average Bonchev–Trinajstić information content (AvgIpc) is 0.813. The summed E-state index contributed by atoms with van der Waals surface area (Å²) in [6, 6.07) is 49.1. The Bertz CT molecular complexity index is 4100. The Morgan fingerprint density at radius 3 is 0.930 bits per heavy atom. The van der Waals surface area contributed by atoms with E-state index in [2.05, 4.69) is 55.0 Å². The molecule has 806 valence electrons. The summed E-state index contributed by atoms with van der Waals surface area (Å²) in [7, 11) is 12.5. The van der Waals surface area contributed by atoms with Gasteiger partial charge in [0.25, 0.3) is 0 Å². The molecule has 0 bridgehead atoms. The predicted octanol–water partition coefficient (Wildman–Crippen LogP) is 11.2. The van der Waals surface area contributed by atoms with Gasteiger partial charge in [0, 0.05) is 120 Å². The molecule has 9 N–H and O–H groups in total. The number of halogens is 1. The lowest BCUT2D eigenvalue weighted by molar-refractivity contribution is -0.358. The van der Waals surface area contributed by atoms with Crippen molar-refractivity contribution in [2.24, 2.45) is 59.2 Å². The minimum atomic E-state index is -1.36. The van der Waals surface area contributed by atoms with Gasteiger partial charge in [0.05, 0.1) is 89.0 Å². The van der Waals surface area contributed by atoms with E-state index in [1.807, 2.05) is 179 Å². The van der Waals surface area contributed by atoms with Crippen LogP contribution in [0.3, 0.4) is 0 Å². The quantitative estimate of drug-likeness (QED) is 0.0327. The number of aliphatic hydroxyl groups excluding tert-OH is 9. The summed E-state index contributed by atoms with van der Waals surface area (Å²) in [5, 5.41) is 86.4. The second kappa shape index (κ2) is 58.1. The first-order valence-corrected chi connectivity index (χ1v) is 50.4. The fraction of sp³-hybridized carbons (Fsp3) is 0.701. The normalized spacial score (nSPS) is 41.3. The van der Waals surface area contributed by atoms with Crippen LogP contribution in [0.2, 0.25) is 0 Å². The average molecular weight is 2030 g/mol. The SMILES string of the molecule is C=C1[C@@H](OC)O[C@@H]2CO[C@@H](c3ccccc3)O[C@H]2[C@@H]1C.CC[C@H]1[C@@H](OC)O[C@@H]2CO[C@@H](c3ccccc3)O[C@H]2[C@@H]1C.CC[C@H]1[C@@H](OC)O[C@H](CC)[C@@H](O)[C@@H]1C.CC[C@H]1[C@@H](OC)O[C@H](CC)[C@H](F)[C@@H]1C.CO[C@H]1O[C@@H]2CO[C@@H](c3ccccc3)O[C@H]2[C@H](C)C1CO.CO[C@H]1O[C@@H]2CO[C@@H](c3ccccc3)O[C@H]2[C@H](C)[C@@H]1O.CO[C@H]1O[C@@H]2CO[C@@H](c3ccccc3)O[C@H]2[C@H](O)[C@@H]1O.CO[C@H]1O[C@H](CO)[C@@H](O)[C@H](O)[C@@H]1O. The van der Waals surface area contributed by atoms with Gasteiger partial charge in [0.2, 0.25) is 0 Å². The number of methoxy groups -OCH3 is 8. The maximum atomic E-state index is 13.8.